The van der Waals surface area contributed by atoms with Crippen molar-refractivity contribution in [2.75, 3.05) is 13.7 Å². The van der Waals surface area contributed by atoms with Crippen molar-refractivity contribution in [3.8, 4) is 5.75 Å². The van der Waals surface area contributed by atoms with E-state index in [1.54, 1.807) is 7.05 Å². The monoisotopic (exact) mass is 291 g/mol. The van der Waals surface area contributed by atoms with E-state index in [0.29, 0.717) is 18.6 Å². The van der Waals surface area contributed by atoms with Gasteiger partial charge in [-0.15, -0.1) is 0 Å². The van der Waals surface area contributed by atoms with E-state index in [9.17, 15) is 8.78 Å². The van der Waals surface area contributed by atoms with Crippen molar-refractivity contribution in [3.63, 3.8) is 0 Å². The van der Waals surface area contributed by atoms with Crippen molar-refractivity contribution in [2.45, 2.75) is 19.4 Å². The molecule has 112 valence electrons. The van der Waals surface area contributed by atoms with Gasteiger partial charge in [0.2, 0.25) is 0 Å². The molecule has 0 heterocycles. The predicted molar refractivity (Wildman–Crippen MR) is 79.5 cm³/mol. The maximum absolute atomic E-state index is 13.8. The normalized spacial score (nSPS) is 12.2. The van der Waals surface area contributed by atoms with Crippen LogP contribution in [0.4, 0.5) is 8.78 Å². The highest BCUT2D eigenvalue weighted by molar-refractivity contribution is 5.37. The third-order valence-corrected chi connectivity index (χ3v) is 3.37. The number of nitrogens with one attached hydrogen (secondary N) is 1. The predicted octanol–water partition coefficient (Wildman–Crippen LogP) is 3.87. The van der Waals surface area contributed by atoms with E-state index >= 15 is 0 Å². The standard InChI is InChI=1S/C17H19F2NO/c1-3-21-17-7-5-4-6-14(17)16(20-2)11-12-10-13(18)8-9-15(12)19/h4-10,16,20H,3,11H2,1-2H3. The van der Waals surface area contributed by atoms with E-state index in [1.165, 1.54) is 6.07 Å². The Morgan fingerprint density at radius 3 is 2.62 bits per heavy atom. The molecule has 0 aromatic heterocycles. The molecule has 4 heteroatoms. The SMILES string of the molecule is CCOc1ccccc1C(Cc1cc(F)ccc1F)NC. The van der Waals surface area contributed by atoms with Crippen LogP contribution >= 0.6 is 0 Å². The molecule has 0 saturated carbocycles. The topological polar surface area (TPSA) is 21.3 Å². The first-order valence-corrected chi connectivity index (χ1v) is 6.98. The Balaban J connectivity index is 2.30. The van der Waals surface area contributed by atoms with Gasteiger partial charge in [-0.3, -0.25) is 0 Å². The zero-order valence-corrected chi connectivity index (χ0v) is 12.2. The Morgan fingerprint density at radius 2 is 1.90 bits per heavy atom. The van der Waals surface area contributed by atoms with Crippen LogP contribution in [0, 0.1) is 11.6 Å². The van der Waals surface area contributed by atoms with E-state index in [0.717, 1.165) is 23.4 Å². The van der Waals surface area contributed by atoms with Crippen LogP contribution in [0.5, 0.6) is 5.75 Å². The van der Waals surface area contributed by atoms with Gasteiger partial charge in [-0.1, -0.05) is 18.2 Å². The third kappa shape index (κ3) is 3.79. The van der Waals surface area contributed by atoms with Crippen LogP contribution < -0.4 is 10.1 Å². The average molecular weight is 291 g/mol. The number of hydrogen-bond acceptors (Lipinski definition) is 2. The number of halogens is 2. The van der Waals surface area contributed by atoms with Crippen LogP contribution in [0.3, 0.4) is 0 Å². The molecule has 0 amide bonds. The fourth-order valence-corrected chi connectivity index (χ4v) is 2.34. The highest BCUT2D eigenvalue weighted by Gasteiger charge is 2.17. The summed E-state index contributed by atoms with van der Waals surface area (Å²) in [6.45, 7) is 2.47. The van der Waals surface area contributed by atoms with Crippen molar-refractivity contribution in [1.29, 1.82) is 0 Å². The fraction of sp³-hybridized carbons (Fsp3) is 0.294. The first-order chi connectivity index (χ1) is 10.2. The Labute approximate surface area is 123 Å². The summed E-state index contributed by atoms with van der Waals surface area (Å²) >= 11 is 0. The van der Waals surface area contributed by atoms with Crippen LogP contribution in [0.2, 0.25) is 0 Å². The van der Waals surface area contributed by atoms with Gasteiger partial charge >= 0.3 is 0 Å². The maximum atomic E-state index is 13.8. The number of ether oxygens (including phenoxy) is 1. The third-order valence-electron chi connectivity index (χ3n) is 3.37. The van der Waals surface area contributed by atoms with E-state index < -0.39 is 11.6 Å². The molecule has 0 spiro atoms. The molecule has 0 bridgehead atoms. The molecule has 2 rings (SSSR count). The number of hydrogen-bond donors (Lipinski definition) is 1. The smallest absolute Gasteiger partial charge is 0.126 e. The van der Waals surface area contributed by atoms with Crippen LogP contribution in [0.25, 0.3) is 0 Å². The van der Waals surface area contributed by atoms with Gasteiger partial charge in [0, 0.05) is 11.6 Å². The van der Waals surface area contributed by atoms with Gasteiger partial charge in [-0.25, -0.2) is 8.78 Å². The molecule has 21 heavy (non-hydrogen) atoms. The quantitative estimate of drug-likeness (QED) is 0.872. The molecular weight excluding hydrogens is 272 g/mol. The summed E-state index contributed by atoms with van der Waals surface area (Å²) in [7, 11) is 1.80. The molecule has 1 N–H and O–H groups in total. The highest BCUT2D eigenvalue weighted by atomic mass is 19.1. The first-order valence-electron chi connectivity index (χ1n) is 6.98. The number of likely N-dealkylation sites (N-methyl/N-ethyl adjacent to an activating group) is 1. The van der Waals surface area contributed by atoms with Gasteiger partial charge in [-0.2, -0.15) is 0 Å². The van der Waals surface area contributed by atoms with Gasteiger partial charge in [0.25, 0.3) is 0 Å². The number of rotatable bonds is 6. The Bertz CT molecular complexity index is 601. The van der Waals surface area contributed by atoms with Crippen LogP contribution in [0.1, 0.15) is 24.1 Å². The van der Waals surface area contributed by atoms with Crippen LogP contribution in [-0.4, -0.2) is 13.7 Å². The Hall–Kier alpha value is -1.94. The fourth-order valence-electron chi connectivity index (χ4n) is 2.34. The van der Waals surface area contributed by atoms with Crippen molar-refractivity contribution in [3.05, 3.63) is 65.2 Å². The van der Waals surface area contributed by atoms with Crippen molar-refractivity contribution >= 4 is 0 Å². The zero-order valence-electron chi connectivity index (χ0n) is 12.2. The lowest BCUT2D eigenvalue weighted by Crippen LogP contribution is -2.20. The average Bonchev–Trinajstić information content (AvgIpc) is 2.49. The summed E-state index contributed by atoms with van der Waals surface area (Å²) < 4.78 is 32.7. The summed E-state index contributed by atoms with van der Waals surface area (Å²) in [4.78, 5) is 0. The summed E-state index contributed by atoms with van der Waals surface area (Å²) in [6.07, 6.45) is 0.351. The highest BCUT2D eigenvalue weighted by Crippen LogP contribution is 2.28. The lowest BCUT2D eigenvalue weighted by molar-refractivity contribution is 0.332. The number of benzene rings is 2. The Morgan fingerprint density at radius 1 is 1.14 bits per heavy atom. The molecule has 2 aromatic carbocycles. The molecule has 0 saturated heterocycles. The molecule has 1 unspecified atom stereocenters. The second kappa shape index (κ2) is 7.18. The van der Waals surface area contributed by atoms with E-state index in [2.05, 4.69) is 5.32 Å². The molecule has 0 aliphatic rings. The van der Waals surface area contributed by atoms with Gasteiger partial charge in [0.05, 0.1) is 6.61 Å². The minimum absolute atomic E-state index is 0.149. The van der Waals surface area contributed by atoms with E-state index in [1.807, 2.05) is 31.2 Å². The lowest BCUT2D eigenvalue weighted by atomic mass is 9.97. The van der Waals surface area contributed by atoms with Crippen molar-refractivity contribution in [1.82, 2.24) is 5.32 Å². The van der Waals surface area contributed by atoms with Gasteiger partial charge in [0.1, 0.15) is 17.4 Å². The first kappa shape index (κ1) is 15.4. The molecule has 1 atom stereocenters. The summed E-state index contributed by atoms with van der Waals surface area (Å²) in [5.41, 5.74) is 1.28. The van der Waals surface area contributed by atoms with Crippen LogP contribution in [0.15, 0.2) is 42.5 Å². The van der Waals surface area contributed by atoms with Gasteiger partial charge in [-0.05, 0) is 50.2 Å². The Kier molecular flexibility index (Phi) is 5.28. The minimum Gasteiger partial charge on any atom is -0.494 e. The van der Waals surface area contributed by atoms with E-state index in [-0.39, 0.29) is 6.04 Å². The largest absolute Gasteiger partial charge is 0.494 e. The lowest BCUT2D eigenvalue weighted by Gasteiger charge is -2.20. The molecule has 0 radical (unpaired) electrons. The van der Waals surface area contributed by atoms with Gasteiger partial charge < -0.3 is 10.1 Å². The van der Waals surface area contributed by atoms with Crippen LogP contribution in [-0.2, 0) is 6.42 Å². The zero-order chi connectivity index (χ0) is 15.2. The van der Waals surface area contributed by atoms with E-state index in [4.69, 9.17) is 4.74 Å². The molecule has 0 fully saturated rings. The van der Waals surface area contributed by atoms with Crippen molar-refractivity contribution in [2.24, 2.45) is 0 Å². The molecular formula is C17H19F2NO. The summed E-state index contributed by atoms with van der Waals surface area (Å²) in [5, 5.41) is 3.14. The maximum Gasteiger partial charge on any atom is 0.126 e. The summed E-state index contributed by atoms with van der Waals surface area (Å²) in [6, 6.07) is 11.0. The second-order valence-electron chi connectivity index (χ2n) is 4.75. The second-order valence-corrected chi connectivity index (χ2v) is 4.75. The molecule has 0 aliphatic carbocycles. The molecule has 2 aromatic rings. The molecule has 2 nitrogen and oxygen atoms in total. The minimum atomic E-state index is -0.431. The van der Waals surface area contributed by atoms with Crippen molar-refractivity contribution < 1.29 is 13.5 Å². The number of para-hydroxylation sites is 1. The molecule has 0 aliphatic heterocycles. The van der Waals surface area contributed by atoms with Gasteiger partial charge in [0.15, 0.2) is 0 Å². The summed E-state index contributed by atoms with van der Waals surface area (Å²) in [5.74, 6) is -0.0685.